The van der Waals surface area contributed by atoms with Crippen molar-refractivity contribution in [3.05, 3.63) is 106 Å². The zero-order chi connectivity index (χ0) is 36.1. The maximum Gasteiger partial charge on any atom is 0.360 e. The number of carbonyl (C=O) groups is 2. The van der Waals surface area contributed by atoms with Crippen LogP contribution in [0, 0.1) is 11.3 Å². The molecule has 4 aromatic heterocycles. The minimum absolute atomic E-state index is 0.107. The molecule has 0 spiro atoms. The van der Waals surface area contributed by atoms with Crippen LogP contribution in [0.3, 0.4) is 0 Å². The quantitative estimate of drug-likeness (QED) is 0.117. The van der Waals surface area contributed by atoms with Gasteiger partial charge in [0.25, 0.3) is 0 Å². The Morgan fingerprint density at radius 3 is 1.65 bits per heavy atom. The highest BCUT2D eigenvalue weighted by Crippen LogP contribution is 2.42. The number of hydrogen-bond donors (Lipinski definition) is 2. The van der Waals surface area contributed by atoms with Crippen LogP contribution in [0.4, 0.5) is 0 Å². The number of thiazole rings is 2. The number of halogens is 1. The Bertz CT molecular complexity index is 2430. The fourth-order valence-electron chi connectivity index (χ4n) is 4.89. The second kappa shape index (κ2) is 15.4. The van der Waals surface area contributed by atoms with Crippen LogP contribution in [0.1, 0.15) is 40.4 Å². The van der Waals surface area contributed by atoms with Crippen LogP contribution in [0.5, 0.6) is 11.5 Å². The lowest BCUT2D eigenvalue weighted by Gasteiger charge is -2.08. The number of nitriles is 1. The van der Waals surface area contributed by atoms with E-state index in [9.17, 15) is 19.8 Å². The van der Waals surface area contributed by atoms with Crippen LogP contribution >= 0.6 is 38.6 Å². The van der Waals surface area contributed by atoms with Crippen molar-refractivity contribution < 1.29 is 29.3 Å². The second-order valence-electron chi connectivity index (χ2n) is 10.5. The molecule has 0 saturated heterocycles. The van der Waals surface area contributed by atoms with Crippen LogP contribution < -0.4 is 0 Å². The lowest BCUT2D eigenvalue weighted by atomic mass is 10.1. The summed E-state index contributed by atoms with van der Waals surface area (Å²) < 4.78 is 11.3. The Labute approximate surface area is 307 Å². The summed E-state index contributed by atoms with van der Waals surface area (Å²) in [5.74, 6) is -1.79. The van der Waals surface area contributed by atoms with Gasteiger partial charge in [-0.3, -0.25) is 0 Å². The van der Waals surface area contributed by atoms with E-state index in [-0.39, 0.29) is 36.1 Å². The number of benzene rings is 3. The Balaban J connectivity index is 0.000000183. The maximum absolute atomic E-state index is 12.4. The first kappa shape index (κ1) is 35.1. The van der Waals surface area contributed by atoms with Crippen molar-refractivity contribution in [2.45, 2.75) is 13.8 Å². The number of carbonyl (C=O) groups excluding carboxylic acids is 2. The minimum Gasteiger partial charge on any atom is -0.504 e. The molecule has 7 rings (SSSR count). The third-order valence-corrected chi connectivity index (χ3v) is 10.0. The first-order chi connectivity index (χ1) is 24.7. The Morgan fingerprint density at radius 1 is 0.686 bits per heavy atom. The number of fused-ring (bicyclic) bond motifs is 2. The second-order valence-corrected chi connectivity index (χ2v) is 13.3. The Kier molecular flexibility index (Phi) is 10.6. The molecule has 0 amide bonds. The van der Waals surface area contributed by atoms with E-state index in [1.807, 2.05) is 60.7 Å². The van der Waals surface area contributed by atoms with Gasteiger partial charge in [-0.2, -0.15) is 5.26 Å². The van der Waals surface area contributed by atoms with E-state index in [4.69, 9.17) is 14.7 Å². The van der Waals surface area contributed by atoms with Crippen LogP contribution in [-0.2, 0) is 9.47 Å². The summed E-state index contributed by atoms with van der Waals surface area (Å²) in [6.07, 6.45) is 0. The van der Waals surface area contributed by atoms with E-state index in [0.29, 0.717) is 46.9 Å². The summed E-state index contributed by atoms with van der Waals surface area (Å²) in [4.78, 5) is 41.8. The highest BCUT2D eigenvalue weighted by atomic mass is 79.9. The Morgan fingerprint density at radius 2 is 1.16 bits per heavy atom. The van der Waals surface area contributed by atoms with Crippen LogP contribution in [0.15, 0.2) is 89.5 Å². The summed E-state index contributed by atoms with van der Waals surface area (Å²) in [6.45, 7) is 3.77. The average Bonchev–Trinajstić information content (AvgIpc) is 3.82. The van der Waals surface area contributed by atoms with Crippen molar-refractivity contribution in [1.29, 1.82) is 5.26 Å². The summed E-state index contributed by atoms with van der Waals surface area (Å²) in [6, 6.07) is 28.1. The summed E-state index contributed by atoms with van der Waals surface area (Å²) in [7, 11) is 0. The van der Waals surface area contributed by atoms with Gasteiger partial charge in [-0.25, -0.2) is 29.5 Å². The fourth-order valence-corrected chi connectivity index (χ4v) is 7.52. The van der Waals surface area contributed by atoms with Crippen molar-refractivity contribution in [3.63, 3.8) is 0 Å². The fraction of sp³-hybridized carbons (Fsp3) is 0.108. The molecule has 0 aliphatic rings. The van der Waals surface area contributed by atoms with Gasteiger partial charge in [0.05, 0.1) is 30.5 Å². The first-order valence-corrected chi connectivity index (χ1v) is 17.8. The van der Waals surface area contributed by atoms with Gasteiger partial charge in [0.1, 0.15) is 35.1 Å². The van der Waals surface area contributed by atoms with E-state index in [0.717, 1.165) is 16.1 Å². The molecule has 14 heteroatoms. The average molecular weight is 781 g/mol. The van der Waals surface area contributed by atoms with Crippen molar-refractivity contribution in [1.82, 2.24) is 19.9 Å². The van der Waals surface area contributed by atoms with Gasteiger partial charge in [0.2, 0.25) is 0 Å². The van der Waals surface area contributed by atoms with Crippen molar-refractivity contribution in [2.24, 2.45) is 0 Å². The Hall–Kier alpha value is -5.75. The summed E-state index contributed by atoms with van der Waals surface area (Å²) >= 11 is 5.89. The molecule has 0 aliphatic heterocycles. The standard InChI is InChI=1S/C22H15N3O3S.C15H11BrN2O3S/c1-2-28-22(27)18-19(26)20-17(25-21(29-20)15-6-4-3-5-7-15)16(24-18)14-10-8-13(12-23)9-11-14;1-2-21-15(20)9-11(19)12-10(13(16)17-9)18-14(22-12)8-6-4-3-5-7-8/h3-11,26H,2H2,1H3;3-7,19H,2H2,1H3. The molecule has 0 radical (unpaired) electrons. The number of esters is 2. The SMILES string of the molecule is CCOC(=O)c1nc(-c2ccc(C#N)cc2)c2nc(-c3ccccc3)sc2c1O.CCOC(=O)c1nc(Br)c2nc(-c3ccccc3)sc2c1O. The van der Waals surface area contributed by atoms with Crippen LogP contribution in [0.2, 0.25) is 0 Å². The molecule has 11 nitrogen and oxygen atoms in total. The van der Waals surface area contributed by atoms with E-state index in [1.165, 1.54) is 22.7 Å². The molecule has 0 atom stereocenters. The predicted molar refractivity (Wildman–Crippen MR) is 199 cm³/mol. The van der Waals surface area contributed by atoms with Crippen LogP contribution in [0.25, 0.3) is 52.8 Å². The number of aromatic hydroxyl groups is 2. The first-order valence-electron chi connectivity index (χ1n) is 15.4. The number of nitrogens with zero attached hydrogens (tertiary/aromatic N) is 5. The van der Waals surface area contributed by atoms with Gasteiger partial charge in [-0.1, -0.05) is 72.8 Å². The molecule has 254 valence electrons. The molecular formula is C37H26BrN5O6S2. The van der Waals surface area contributed by atoms with E-state index < -0.39 is 11.9 Å². The maximum atomic E-state index is 12.4. The monoisotopic (exact) mass is 779 g/mol. The lowest BCUT2D eigenvalue weighted by Crippen LogP contribution is -2.08. The van der Waals surface area contributed by atoms with Gasteiger partial charge in [-0.05, 0) is 41.9 Å². The van der Waals surface area contributed by atoms with Gasteiger partial charge in [0.15, 0.2) is 22.9 Å². The minimum atomic E-state index is -0.698. The van der Waals surface area contributed by atoms with E-state index in [2.05, 4.69) is 41.9 Å². The molecule has 0 bridgehead atoms. The lowest BCUT2D eigenvalue weighted by molar-refractivity contribution is 0.0506. The number of rotatable bonds is 7. The molecular weight excluding hydrogens is 754 g/mol. The molecule has 0 unspecified atom stereocenters. The van der Waals surface area contributed by atoms with Crippen LogP contribution in [-0.4, -0.2) is 55.3 Å². The summed E-state index contributed by atoms with van der Waals surface area (Å²) in [5.41, 5.74) is 4.24. The molecule has 0 fully saturated rings. The molecule has 7 aromatic rings. The van der Waals surface area contributed by atoms with E-state index >= 15 is 0 Å². The van der Waals surface area contributed by atoms with Gasteiger partial charge in [0, 0.05) is 16.7 Å². The molecule has 0 aliphatic carbocycles. The zero-order valence-electron chi connectivity index (χ0n) is 27.0. The number of aromatic nitrogens is 4. The largest absolute Gasteiger partial charge is 0.504 e. The number of hydrogen-bond acceptors (Lipinski definition) is 13. The van der Waals surface area contributed by atoms with Crippen molar-refractivity contribution >= 4 is 71.0 Å². The molecule has 4 heterocycles. The smallest absolute Gasteiger partial charge is 0.360 e. The summed E-state index contributed by atoms with van der Waals surface area (Å²) in [5, 5.41) is 31.5. The highest BCUT2D eigenvalue weighted by molar-refractivity contribution is 9.10. The van der Waals surface area contributed by atoms with Gasteiger partial charge >= 0.3 is 11.9 Å². The predicted octanol–water partition coefficient (Wildman–Crippen LogP) is 8.78. The molecule has 2 N–H and O–H groups in total. The molecule has 51 heavy (non-hydrogen) atoms. The highest BCUT2D eigenvalue weighted by Gasteiger charge is 2.25. The molecule has 3 aromatic carbocycles. The molecule has 0 saturated carbocycles. The van der Waals surface area contributed by atoms with Gasteiger partial charge in [-0.15, -0.1) is 22.7 Å². The van der Waals surface area contributed by atoms with Crippen molar-refractivity contribution in [2.75, 3.05) is 13.2 Å². The zero-order valence-corrected chi connectivity index (χ0v) is 30.2. The third kappa shape index (κ3) is 7.27. The topological polar surface area (TPSA) is 168 Å². The normalized spacial score (nSPS) is 10.7. The number of pyridine rings is 2. The van der Waals surface area contributed by atoms with E-state index in [1.54, 1.807) is 38.1 Å². The number of ether oxygens (including phenoxy) is 2. The van der Waals surface area contributed by atoms with Gasteiger partial charge < -0.3 is 19.7 Å². The van der Waals surface area contributed by atoms with Crippen molar-refractivity contribution in [3.8, 4) is 50.0 Å². The third-order valence-electron chi connectivity index (χ3n) is 7.25.